The molecule has 1 N–H and O–H groups in total. The molecule has 0 saturated heterocycles. The maximum absolute atomic E-state index is 4.87. The Morgan fingerprint density at radius 2 is 2.24 bits per heavy atom. The van der Waals surface area contributed by atoms with Crippen molar-refractivity contribution in [2.24, 2.45) is 0 Å². The third-order valence-corrected chi connectivity index (χ3v) is 5.14. The van der Waals surface area contributed by atoms with Gasteiger partial charge in [0.15, 0.2) is 0 Å². The summed E-state index contributed by atoms with van der Waals surface area (Å²) in [6, 6.07) is 0.475. The minimum atomic E-state index is 0.475. The van der Waals surface area contributed by atoms with E-state index in [4.69, 9.17) is 4.98 Å². The van der Waals surface area contributed by atoms with Crippen molar-refractivity contribution < 1.29 is 0 Å². The number of hydrogen-bond donors (Lipinski definition) is 1. The molecule has 0 aromatic carbocycles. The van der Waals surface area contributed by atoms with Gasteiger partial charge in [-0.15, -0.1) is 11.3 Å². The Morgan fingerprint density at radius 3 is 2.94 bits per heavy atom. The fraction of sp³-hybridized carbons (Fsp3) is 0.769. The van der Waals surface area contributed by atoms with Crippen LogP contribution < -0.4 is 5.32 Å². The fourth-order valence-electron chi connectivity index (χ4n) is 2.32. The van der Waals surface area contributed by atoms with Gasteiger partial charge in [0.25, 0.3) is 0 Å². The van der Waals surface area contributed by atoms with Gasteiger partial charge in [0.1, 0.15) is 5.01 Å². The van der Waals surface area contributed by atoms with E-state index >= 15 is 0 Å². The molecule has 1 aliphatic rings. The Bertz CT molecular complexity index is 326. The minimum absolute atomic E-state index is 0.475. The number of rotatable bonds is 6. The smallest absolute Gasteiger partial charge is 0.110 e. The van der Waals surface area contributed by atoms with Crippen LogP contribution in [0.2, 0.25) is 0 Å². The molecule has 0 aliphatic heterocycles. The number of fused-ring (bicyclic) bond motifs is 1. The van der Waals surface area contributed by atoms with Gasteiger partial charge in [-0.25, -0.2) is 4.98 Å². The number of aromatic nitrogens is 1. The van der Waals surface area contributed by atoms with Crippen LogP contribution in [-0.4, -0.2) is 23.5 Å². The summed E-state index contributed by atoms with van der Waals surface area (Å²) in [5.74, 6) is 1.21. The lowest BCUT2D eigenvalue weighted by atomic mass is 10.0. The van der Waals surface area contributed by atoms with Gasteiger partial charge >= 0.3 is 0 Å². The molecule has 1 aromatic heterocycles. The van der Waals surface area contributed by atoms with Crippen LogP contribution >= 0.6 is 23.1 Å². The molecule has 0 amide bonds. The Kier molecular flexibility index (Phi) is 5.32. The predicted molar refractivity (Wildman–Crippen MR) is 78.2 cm³/mol. The molecule has 2 nitrogen and oxygen atoms in total. The van der Waals surface area contributed by atoms with E-state index in [1.54, 1.807) is 4.88 Å². The molecular weight excluding hydrogens is 248 g/mol. The maximum atomic E-state index is 4.87. The summed E-state index contributed by atoms with van der Waals surface area (Å²) < 4.78 is 0. The van der Waals surface area contributed by atoms with Crippen LogP contribution in [0.15, 0.2) is 0 Å². The van der Waals surface area contributed by atoms with Crippen molar-refractivity contribution in [1.82, 2.24) is 10.3 Å². The van der Waals surface area contributed by atoms with E-state index in [9.17, 15) is 0 Å². The first kappa shape index (κ1) is 13.4. The second kappa shape index (κ2) is 6.76. The lowest BCUT2D eigenvalue weighted by Gasteiger charge is -2.14. The molecule has 0 fully saturated rings. The molecule has 0 spiro atoms. The number of nitrogens with one attached hydrogen (secondary N) is 1. The molecule has 1 aromatic rings. The quantitative estimate of drug-likeness (QED) is 0.857. The molecule has 4 heteroatoms. The Morgan fingerprint density at radius 1 is 1.41 bits per heavy atom. The third-order valence-electron chi connectivity index (χ3n) is 3.22. The van der Waals surface area contributed by atoms with Crippen LogP contribution in [0, 0.1) is 0 Å². The molecule has 0 radical (unpaired) electrons. The highest BCUT2D eigenvalue weighted by molar-refractivity contribution is 7.98. The number of thioether (sulfide) groups is 1. The van der Waals surface area contributed by atoms with Gasteiger partial charge in [0.05, 0.1) is 11.7 Å². The van der Waals surface area contributed by atoms with Crippen LogP contribution in [0.3, 0.4) is 0 Å². The van der Waals surface area contributed by atoms with Crippen molar-refractivity contribution in [3.05, 3.63) is 15.6 Å². The summed E-state index contributed by atoms with van der Waals surface area (Å²) >= 11 is 3.87. The lowest BCUT2D eigenvalue weighted by molar-refractivity contribution is 0.536. The summed E-state index contributed by atoms with van der Waals surface area (Å²) in [6.07, 6.45) is 8.51. The van der Waals surface area contributed by atoms with Gasteiger partial charge in [0.2, 0.25) is 0 Å². The van der Waals surface area contributed by atoms with Crippen molar-refractivity contribution >= 4 is 23.1 Å². The zero-order valence-corrected chi connectivity index (χ0v) is 12.4. The monoisotopic (exact) mass is 270 g/mol. The predicted octanol–water partition coefficient (Wildman–Crippen LogP) is 3.43. The summed E-state index contributed by atoms with van der Waals surface area (Å²) in [7, 11) is 0. The van der Waals surface area contributed by atoms with Gasteiger partial charge < -0.3 is 5.32 Å². The number of thiazole rings is 1. The molecule has 0 bridgehead atoms. The number of nitrogens with zero attached hydrogens (tertiary/aromatic N) is 1. The highest BCUT2D eigenvalue weighted by atomic mass is 32.2. The topological polar surface area (TPSA) is 24.9 Å². The maximum Gasteiger partial charge on any atom is 0.110 e. The minimum Gasteiger partial charge on any atom is -0.308 e. The summed E-state index contributed by atoms with van der Waals surface area (Å²) in [6.45, 7) is 3.21. The van der Waals surface area contributed by atoms with Crippen LogP contribution in [0.1, 0.15) is 47.8 Å². The van der Waals surface area contributed by atoms with Crippen molar-refractivity contribution in [2.45, 2.75) is 45.1 Å². The van der Waals surface area contributed by atoms with Crippen LogP contribution in [0.25, 0.3) is 0 Å². The van der Waals surface area contributed by atoms with E-state index in [0.29, 0.717) is 6.04 Å². The first-order valence-corrected chi connectivity index (χ1v) is 8.77. The van der Waals surface area contributed by atoms with Gasteiger partial charge in [-0.2, -0.15) is 11.8 Å². The van der Waals surface area contributed by atoms with Crippen LogP contribution in [0.4, 0.5) is 0 Å². The highest BCUT2D eigenvalue weighted by Gasteiger charge is 2.20. The van der Waals surface area contributed by atoms with Gasteiger partial charge in [-0.05, 0) is 50.7 Å². The zero-order valence-electron chi connectivity index (χ0n) is 10.8. The van der Waals surface area contributed by atoms with Crippen LogP contribution in [-0.2, 0) is 12.8 Å². The second-order valence-corrected chi connectivity index (χ2v) is 6.62. The number of hydrogen-bond acceptors (Lipinski definition) is 4. The van der Waals surface area contributed by atoms with Crippen molar-refractivity contribution in [3.63, 3.8) is 0 Å². The van der Waals surface area contributed by atoms with E-state index in [1.807, 2.05) is 23.1 Å². The van der Waals surface area contributed by atoms with E-state index in [0.717, 1.165) is 6.54 Å². The van der Waals surface area contributed by atoms with Crippen molar-refractivity contribution in [2.75, 3.05) is 18.6 Å². The molecule has 17 heavy (non-hydrogen) atoms. The molecule has 2 rings (SSSR count). The first-order chi connectivity index (χ1) is 8.35. The van der Waals surface area contributed by atoms with E-state index in [2.05, 4.69) is 18.5 Å². The van der Waals surface area contributed by atoms with E-state index in [1.165, 1.54) is 48.6 Å². The third kappa shape index (κ3) is 3.46. The average molecular weight is 270 g/mol. The van der Waals surface area contributed by atoms with Gasteiger partial charge in [-0.3, -0.25) is 0 Å². The summed E-state index contributed by atoms with van der Waals surface area (Å²) in [4.78, 5) is 6.42. The second-order valence-electron chi connectivity index (χ2n) is 4.52. The van der Waals surface area contributed by atoms with Crippen molar-refractivity contribution in [1.29, 1.82) is 0 Å². The van der Waals surface area contributed by atoms with Gasteiger partial charge in [-0.1, -0.05) is 6.92 Å². The molecular formula is C13H22N2S2. The average Bonchev–Trinajstić information content (AvgIpc) is 2.78. The molecule has 0 saturated carbocycles. The highest BCUT2D eigenvalue weighted by Crippen LogP contribution is 2.31. The van der Waals surface area contributed by atoms with Crippen molar-refractivity contribution in [3.8, 4) is 0 Å². The number of aryl methyl sites for hydroxylation is 2. The Hall–Kier alpha value is -0.0600. The Balaban J connectivity index is 2.08. The largest absolute Gasteiger partial charge is 0.308 e. The van der Waals surface area contributed by atoms with E-state index < -0.39 is 0 Å². The zero-order chi connectivity index (χ0) is 12.1. The molecule has 96 valence electrons. The lowest BCUT2D eigenvalue weighted by Crippen LogP contribution is -2.21. The first-order valence-electron chi connectivity index (χ1n) is 6.56. The molecule has 1 heterocycles. The Labute approximate surface area is 113 Å². The summed E-state index contributed by atoms with van der Waals surface area (Å²) in [5.41, 5.74) is 1.39. The molecule has 1 atom stereocenters. The fourth-order valence-corrected chi connectivity index (χ4v) is 4.05. The molecule has 1 unspecified atom stereocenters. The normalized spacial score (nSPS) is 16.8. The van der Waals surface area contributed by atoms with Gasteiger partial charge in [0, 0.05) is 4.88 Å². The SMILES string of the molecule is CCNC(CCSC)c1nc2c(s1)CCCC2. The van der Waals surface area contributed by atoms with Crippen LogP contribution in [0.5, 0.6) is 0 Å². The standard InChI is InChI=1S/C13H22N2S2/c1-3-14-11(8-9-16-2)13-15-10-6-4-5-7-12(10)17-13/h11,14H,3-9H2,1-2H3. The summed E-state index contributed by atoms with van der Waals surface area (Å²) in [5, 5.41) is 4.90. The molecule has 1 aliphatic carbocycles. The van der Waals surface area contributed by atoms with E-state index in [-0.39, 0.29) is 0 Å².